The van der Waals surface area contributed by atoms with Crippen LogP contribution in [-0.2, 0) is 4.79 Å². The number of rotatable bonds is 3. The Hall–Kier alpha value is -3.71. The zero-order valence-electron chi connectivity index (χ0n) is 19.4. The van der Waals surface area contributed by atoms with Crippen molar-refractivity contribution in [3.63, 3.8) is 0 Å². The molecule has 7 heteroatoms. The molecule has 2 atom stereocenters. The van der Waals surface area contributed by atoms with Gasteiger partial charge >= 0.3 is 0 Å². The van der Waals surface area contributed by atoms with E-state index < -0.39 is 0 Å². The minimum atomic E-state index is -0.311. The zero-order valence-corrected chi connectivity index (χ0v) is 19.4. The molecule has 6 nitrogen and oxygen atoms in total. The SMILES string of the molecule is Cc1c(C(=O)N2C[C@H](C)N[C@@H](C)C2)c[nH]c1/C=C1\C(=O)Nc2cccc(-c3ccc(F)cc3)c21. The van der Waals surface area contributed by atoms with E-state index in [-0.39, 0.29) is 29.7 Å². The first-order chi connectivity index (χ1) is 16.3. The molecule has 0 spiro atoms. The topological polar surface area (TPSA) is 77.2 Å². The maximum absolute atomic E-state index is 13.5. The Kier molecular flexibility index (Phi) is 5.57. The molecule has 0 unspecified atom stereocenters. The van der Waals surface area contributed by atoms with Crippen LogP contribution in [0.25, 0.3) is 22.8 Å². The standard InChI is InChI=1S/C27H27FN4O2/c1-15-13-32(14-16(2)30-15)27(34)22-12-29-24(17(22)3)11-21-25-20(18-7-9-19(28)10-8-18)5-4-6-23(25)31-26(21)33/h4-12,15-16,29-30H,13-14H2,1-3H3,(H,31,33)/b21-11-/t15-,16-/m0/s1. The number of halogens is 1. The van der Waals surface area contributed by atoms with Gasteiger partial charge in [0, 0.05) is 48.3 Å². The highest BCUT2D eigenvalue weighted by molar-refractivity contribution is 6.36. The molecular formula is C27H27FN4O2. The van der Waals surface area contributed by atoms with Crippen molar-refractivity contribution in [1.29, 1.82) is 0 Å². The van der Waals surface area contributed by atoms with Crippen molar-refractivity contribution >= 4 is 29.2 Å². The van der Waals surface area contributed by atoms with Gasteiger partial charge in [-0.2, -0.15) is 0 Å². The van der Waals surface area contributed by atoms with Gasteiger partial charge in [0.15, 0.2) is 0 Å². The lowest BCUT2D eigenvalue weighted by atomic mass is 9.94. The summed E-state index contributed by atoms with van der Waals surface area (Å²) in [7, 11) is 0. The number of nitrogens with one attached hydrogen (secondary N) is 3. The Morgan fingerprint density at radius 1 is 1.09 bits per heavy atom. The number of carbonyl (C=O) groups is 2. The first-order valence-electron chi connectivity index (χ1n) is 11.5. The lowest BCUT2D eigenvalue weighted by Gasteiger charge is -2.36. The quantitative estimate of drug-likeness (QED) is 0.508. The van der Waals surface area contributed by atoms with Gasteiger partial charge in [0.05, 0.1) is 11.1 Å². The number of hydrogen-bond acceptors (Lipinski definition) is 3. The Bertz CT molecular complexity index is 1300. The van der Waals surface area contributed by atoms with E-state index in [1.165, 1.54) is 12.1 Å². The molecule has 3 aromatic rings. The van der Waals surface area contributed by atoms with E-state index in [0.717, 1.165) is 22.3 Å². The Balaban J connectivity index is 1.52. The van der Waals surface area contributed by atoms with Crippen molar-refractivity contribution in [2.45, 2.75) is 32.9 Å². The Labute approximate surface area is 197 Å². The van der Waals surface area contributed by atoms with Gasteiger partial charge in [-0.05, 0) is 61.7 Å². The Morgan fingerprint density at radius 3 is 2.50 bits per heavy atom. The highest BCUT2D eigenvalue weighted by atomic mass is 19.1. The van der Waals surface area contributed by atoms with Crippen LogP contribution in [0.1, 0.15) is 41.0 Å². The number of nitrogens with zero attached hydrogens (tertiary/aromatic N) is 1. The summed E-state index contributed by atoms with van der Waals surface area (Å²) in [4.78, 5) is 31.2. The maximum Gasteiger partial charge on any atom is 0.256 e. The molecule has 0 radical (unpaired) electrons. The van der Waals surface area contributed by atoms with Crippen LogP contribution in [0.2, 0.25) is 0 Å². The van der Waals surface area contributed by atoms with Crippen LogP contribution in [0.3, 0.4) is 0 Å². The molecule has 1 fully saturated rings. The predicted molar refractivity (Wildman–Crippen MR) is 132 cm³/mol. The lowest BCUT2D eigenvalue weighted by Crippen LogP contribution is -2.55. The minimum absolute atomic E-state index is 0.0122. The summed E-state index contributed by atoms with van der Waals surface area (Å²) in [5, 5.41) is 6.37. The van der Waals surface area contributed by atoms with Gasteiger partial charge in [-0.25, -0.2) is 4.39 Å². The first-order valence-corrected chi connectivity index (χ1v) is 11.5. The molecule has 2 aliphatic heterocycles. The monoisotopic (exact) mass is 458 g/mol. The third-order valence-corrected chi connectivity index (χ3v) is 6.53. The molecule has 34 heavy (non-hydrogen) atoms. The summed E-state index contributed by atoms with van der Waals surface area (Å²) in [5.41, 5.74) is 5.77. The predicted octanol–water partition coefficient (Wildman–Crippen LogP) is 4.44. The number of aromatic nitrogens is 1. The molecular weight excluding hydrogens is 431 g/mol. The second-order valence-corrected chi connectivity index (χ2v) is 9.17. The molecule has 3 N–H and O–H groups in total. The van der Waals surface area contributed by atoms with E-state index in [0.29, 0.717) is 35.6 Å². The van der Waals surface area contributed by atoms with Gasteiger partial charge < -0.3 is 20.5 Å². The lowest BCUT2D eigenvalue weighted by molar-refractivity contribution is -0.110. The van der Waals surface area contributed by atoms with Crippen molar-refractivity contribution in [2.24, 2.45) is 0 Å². The second kappa shape index (κ2) is 8.57. The number of anilines is 1. The maximum atomic E-state index is 13.5. The summed E-state index contributed by atoms with van der Waals surface area (Å²) in [5.74, 6) is -0.535. The molecule has 1 aromatic heterocycles. The molecule has 1 saturated heterocycles. The molecule has 2 amide bonds. The number of amides is 2. The molecule has 0 bridgehead atoms. The molecule has 3 heterocycles. The summed E-state index contributed by atoms with van der Waals surface area (Å²) in [6.45, 7) is 7.35. The van der Waals surface area contributed by atoms with Crippen molar-refractivity contribution in [3.05, 3.63) is 76.9 Å². The highest BCUT2D eigenvalue weighted by Crippen LogP contribution is 2.40. The van der Waals surface area contributed by atoms with Gasteiger partial charge in [0.2, 0.25) is 0 Å². The van der Waals surface area contributed by atoms with Gasteiger partial charge in [0.1, 0.15) is 5.82 Å². The van der Waals surface area contributed by atoms with Crippen LogP contribution in [-0.4, -0.2) is 46.9 Å². The third kappa shape index (κ3) is 3.92. The van der Waals surface area contributed by atoms with Crippen molar-refractivity contribution in [3.8, 4) is 11.1 Å². The van der Waals surface area contributed by atoms with Crippen molar-refractivity contribution in [2.75, 3.05) is 18.4 Å². The van der Waals surface area contributed by atoms with E-state index in [4.69, 9.17) is 0 Å². The zero-order chi connectivity index (χ0) is 24.0. The van der Waals surface area contributed by atoms with E-state index in [2.05, 4.69) is 29.5 Å². The number of H-pyrrole nitrogens is 1. The average molecular weight is 459 g/mol. The van der Waals surface area contributed by atoms with Gasteiger partial charge in [0.25, 0.3) is 11.8 Å². The van der Waals surface area contributed by atoms with Gasteiger partial charge in [-0.1, -0.05) is 24.3 Å². The van der Waals surface area contributed by atoms with Crippen LogP contribution in [0.15, 0.2) is 48.7 Å². The minimum Gasteiger partial charge on any atom is -0.361 e. The van der Waals surface area contributed by atoms with E-state index in [1.54, 1.807) is 24.4 Å². The highest BCUT2D eigenvalue weighted by Gasteiger charge is 2.30. The molecule has 0 saturated carbocycles. The molecule has 0 aliphatic carbocycles. The number of aromatic amines is 1. The van der Waals surface area contributed by atoms with Crippen LogP contribution in [0, 0.1) is 12.7 Å². The summed E-state index contributed by atoms with van der Waals surface area (Å²) >= 11 is 0. The number of hydrogen-bond donors (Lipinski definition) is 3. The average Bonchev–Trinajstić information content (AvgIpc) is 3.32. The van der Waals surface area contributed by atoms with Gasteiger partial charge in [-0.3, -0.25) is 9.59 Å². The normalized spacial score (nSPS) is 21.0. The number of benzene rings is 2. The fraction of sp³-hybridized carbons (Fsp3) is 0.259. The summed E-state index contributed by atoms with van der Waals surface area (Å²) in [6.07, 6.45) is 3.52. The van der Waals surface area contributed by atoms with Crippen LogP contribution < -0.4 is 10.6 Å². The molecule has 174 valence electrons. The largest absolute Gasteiger partial charge is 0.361 e. The summed E-state index contributed by atoms with van der Waals surface area (Å²) in [6, 6.07) is 12.3. The van der Waals surface area contributed by atoms with E-state index in [1.807, 2.05) is 30.0 Å². The molecule has 2 aliphatic rings. The van der Waals surface area contributed by atoms with E-state index >= 15 is 0 Å². The van der Waals surface area contributed by atoms with Crippen LogP contribution >= 0.6 is 0 Å². The van der Waals surface area contributed by atoms with Crippen LogP contribution in [0.5, 0.6) is 0 Å². The smallest absolute Gasteiger partial charge is 0.256 e. The molecule has 5 rings (SSSR count). The molecule has 2 aromatic carbocycles. The Morgan fingerprint density at radius 2 is 1.79 bits per heavy atom. The van der Waals surface area contributed by atoms with Crippen molar-refractivity contribution < 1.29 is 14.0 Å². The number of fused-ring (bicyclic) bond motifs is 1. The third-order valence-electron chi connectivity index (χ3n) is 6.53. The number of piperazine rings is 1. The fourth-order valence-electron chi connectivity index (χ4n) is 4.95. The van der Waals surface area contributed by atoms with Crippen molar-refractivity contribution in [1.82, 2.24) is 15.2 Å². The number of carbonyl (C=O) groups excluding carboxylic acids is 2. The first kappa shape index (κ1) is 22.1. The van der Waals surface area contributed by atoms with Crippen LogP contribution in [0.4, 0.5) is 10.1 Å². The van der Waals surface area contributed by atoms with E-state index in [9.17, 15) is 14.0 Å². The summed E-state index contributed by atoms with van der Waals surface area (Å²) < 4.78 is 13.5. The fourth-order valence-corrected chi connectivity index (χ4v) is 4.95. The second-order valence-electron chi connectivity index (χ2n) is 9.17. The van der Waals surface area contributed by atoms with Gasteiger partial charge in [-0.15, -0.1) is 0 Å².